The van der Waals surface area contributed by atoms with E-state index in [9.17, 15) is 9.59 Å². The first-order valence-electron chi connectivity index (χ1n) is 12.4. The minimum atomic E-state index is -0.0308. The van der Waals surface area contributed by atoms with E-state index in [-0.39, 0.29) is 29.2 Å². The van der Waals surface area contributed by atoms with Crippen LogP contribution in [0.5, 0.6) is 0 Å². The molecule has 0 aromatic heterocycles. The number of hydrogen-bond acceptors (Lipinski definition) is 3. The smallest absolute Gasteiger partial charge is 0.223 e. The van der Waals surface area contributed by atoms with Crippen LogP contribution in [0.3, 0.4) is 0 Å². The van der Waals surface area contributed by atoms with Crippen molar-refractivity contribution in [2.45, 2.75) is 52.1 Å². The van der Waals surface area contributed by atoms with Crippen LogP contribution >= 0.6 is 11.6 Å². The molecule has 2 aromatic rings. The summed E-state index contributed by atoms with van der Waals surface area (Å²) in [5, 5.41) is 3.95. The van der Waals surface area contributed by atoms with Gasteiger partial charge in [0.25, 0.3) is 0 Å². The fourth-order valence-electron chi connectivity index (χ4n) is 5.18. The molecule has 2 amide bonds. The summed E-state index contributed by atoms with van der Waals surface area (Å²) in [6.45, 7) is 8.32. The maximum atomic E-state index is 12.8. The van der Waals surface area contributed by atoms with Crippen molar-refractivity contribution in [3.8, 4) is 0 Å². The Morgan fingerprint density at radius 2 is 1.74 bits per heavy atom. The molecule has 0 aliphatic carbocycles. The molecule has 2 fully saturated rings. The molecule has 34 heavy (non-hydrogen) atoms. The average Bonchev–Trinajstić information content (AvgIpc) is 3.13. The Labute approximate surface area is 208 Å². The second kappa shape index (κ2) is 10.9. The third-order valence-corrected chi connectivity index (χ3v) is 7.64. The van der Waals surface area contributed by atoms with Gasteiger partial charge in [0, 0.05) is 37.0 Å². The zero-order valence-electron chi connectivity index (χ0n) is 20.3. The molecule has 1 N–H and O–H groups in total. The summed E-state index contributed by atoms with van der Waals surface area (Å²) < 4.78 is 0. The number of carbonyl (C=O) groups is 2. The number of carbonyl (C=O) groups excluding carboxylic acids is 2. The van der Waals surface area contributed by atoms with Crippen molar-refractivity contribution in [3.63, 3.8) is 0 Å². The van der Waals surface area contributed by atoms with Crippen molar-refractivity contribution >= 4 is 23.4 Å². The van der Waals surface area contributed by atoms with Crippen LogP contribution in [-0.4, -0.2) is 47.8 Å². The van der Waals surface area contributed by atoms with Gasteiger partial charge in [-0.1, -0.05) is 67.9 Å². The zero-order valence-corrected chi connectivity index (χ0v) is 21.1. The number of nitrogens with one attached hydrogen (secondary N) is 1. The number of hydrogen-bond donors (Lipinski definition) is 1. The third kappa shape index (κ3) is 6.19. The summed E-state index contributed by atoms with van der Waals surface area (Å²) in [6.07, 6.45) is 3.64. The van der Waals surface area contributed by atoms with E-state index in [4.69, 9.17) is 11.6 Å². The van der Waals surface area contributed by atoms with Crippen molar-refractivity contribution < 1.29 is 9.59 Å². The Morgan fingerprint density at radius 3 is 2.38 bits per heavy atom. The lowest BCUT2D eigenvalue weighted by Crippen LogP contribution is -2.43. The quantitative estimate of drug-likeness (QED) is 0.573. The van der Waals surface area contributed by atoms with Gasteiger partial charge in [-0.2, -0.15) is 0 Å². The van der Waals surface area contributed by atoms with Crippen LogP contribution < -0.4 is 5.32 Å². The van der Waals surface area contributed by atoms with Crippen LogP contribution in [-0.2, 0) is 16.1 Å². The number of likely N-dealkylation sites (tertiary alicyclic amines) is 2. The zero-order chi connectivity index (χ0) is 24.1. The minimum absolute atomic E-state index is 0.0231. The van der Waals surface area contributed by atoms with Crippen molar-refractivity contribution in [2.24, 2.45) is 11.3 Å². The lowest BCUT2D eigenvalue weighted by Gasteiger charge is -2.39. The van der Waals surface area contributed by atoms with Gasteiger partial charge in [0.2, 0.25) is 11.8 Å². The average molecular weight is 482 g/mol. The molecule has 6 heteroatoms. The van der Waals surface area contributed by atoms with Gasteiger partial charge >= 0.3 is 0 Å². The second-order valence-corrected chi connectivity index (χ2v) is 10.7. The van der Waals surface area contributed by atoms with Gasteiger partial charge in [0.15, 0.2) is 0 Å². The molecule has 0 saturated carbocycles. The number of benzene rings is 2. The van der Waals surface area contributed by atoms with Crippen LogP contribution in [0.15, 0.2) is 54.6 Å². The molecule has 0 unspecified atom stereocenters. The maximum absolute atomic E-state index is 12.8. The Morgan fingerprint density at radius 1 is 1.06 bits per heavy atom. The molecule has 2 aliphatic heterocycles. The standard InChI is InChI=1S/C28H36ClN3O2/c1-21(2)27(34)30-25(23-6-4-3-5-7-23)12-15-31-16-13-28(14-17-31)18-26(33)32(20-28)19-22-8-10-24(29)11-9-22/h3-11,21,25H,12-20H2,1-2H3,(H,30,34)/t25-/m0/s1. The van der Waals surface area contributed by atoms with E-state index in [1.54, 1.807) is 0 Å². The van der Waals surface area contributed by atoms with Crippen LogP contribution in [0, 0.1) is 11.3 Å². The minimum Gasteiger partial charge on any atom is -0.349 e. The monoisotopic (exact) mass is 481 g/mol. The van der Waals surface area contributed by atoms with E-state index >= 15 is 0 Å². The highest BCUT2D eigenvalue weighted by molar-refractivity contribution is 6.30. The van der Waals surface area contributed by atoms with Crippen molar-refractivity contribution in [2.75, 3.05) is 26.2 Å². The van der Waals surface area contributed by atoms with Gasteiger partial charge in [0.05, 0.1) is 6.04 Å². The molecule has 182 valence electrons. The summed E-state index contributed by atoms with van der Waals surface area (Å²) >= 11 is 6.00. The highest BCUT2D eigenvalue weighted by Crippen LogP contribution is 2.41. The molecule has 0 bridgehead atoms. The van der Waals surface area contributed by atoms with E-state index in [0.29, 0.717) is 13.0 Å². The molecule has 5 nitrogen and oxygen atoms in total. The van der Waals surface area contributed by atoms with Gasteiger partial charge in [-0.05, 0) is 61.0 Å². The second-order valence-electron chi connectivity index (χ2n) is 10.3. The number of halogens is 1. The van der Waals surface area contributed by atoms with E-state index in [0.717, 1.165) is 61.6 Å². The molecule has 2 aromatic carbocycles. The van der Waals surface area contributed by atoms with E-state index in [1.165, 1.54) is 0 Å². The lowest BCUT2D eigenvalue weighted by atomic mass is 9.77. The predicted octanol–water partition coefficient (Wildman–Crippen LogP) is 5.06. The Hall–Kier alpha value is -2.37. The number of rotatable bonds is 8. The maximum Gasteiger partial charge on any atom is 0.223 e. The molecule has 2 aliphatic rings. The SMILES string of the molecule is CC(C)C(=O)N[C@@H](CCN1CCC2(CC1)CC(=O)N(Cc1ccc(Cl)cc1)C2)c1ccccc1. The first-order valence-corrected chi connectivity index (χ1v) is 12.8. The van der Waals surface area contributed by atoms with Crippen LogP contribution in [0.4, 0.5) is 0 Å². The summed E-state index contributed by atoms with van der Waals surface area (Å²) in [6, 6.07) is 18.1. The summed E-state index contributed by atoms with van der Waals surface area (Å²) in [5.41, 5.74) is 2.39. The van der Waals surface area contributed by atoms with Gasteiger partial charge in [0.1, 0.15) is 0 Å². The molecule has 2 saturated heterocycles. The van der Waals surface area contributed by atoms with E-state index < -0.39 is 0 Å². The Kier molecular flexibility index (Phi) is 7.95. The van der Waals surface area contributed by atoms with Gasteiger partial charge in [-0.25, -0.2) is 0 Å². The molecule has 4 rings (SSSR count). The summed E-state index contributed by atoms with van der Waals surface area (Å²) in [4.78, 5) is 29.7. The number of piperidine rings is 1. The predicted molar refractivity (Wildman–Crippen MR) is 136 cm³/mol. The lowest BCUT2D eigenvalue weighted by molar-refractivity contribution is -0.128. The van der Waals surface area contributed by atoms with Gasteiger partial charge < -0.3 is 15.1 Å². The fraction of sp³-hybridized carbons (Fsp3) is 0.500. The molecule has 1 atom stereocenters. The highest BCUT2D eigenvalue weighted by atomic mass is 35.5. The summed E-state index contributed by atoms with van der Waals surface area (Å²) in [7, 11) is 0. The normalized spacial score (nSPS) is 19.1. The molecule has 1 spiro atoms. The van der Waals surface area contributed by atoms with Crippen molar-refractivity contribution in [1.29, 1.82) is 0 Å². The first-order chi connectivity index (χ1) is 16.3. The third-order valence-electron chi connectivity index (χ3n) is 7.39. The van der Waals surface area contributed by atoms with E-state index in [1.807, 2.05) is 61.2 Å². The number of amides is 2. The Balaban J connectivity index is 1.30. The fourth-order valence-corrected chi connectivity index (χ4v) is 5.31. The largest absolute Gasteiger partial charge is 0.349 e. The number of nitrogens with zero attached hydrogens (tertiary/aromatic N) is 2. The van der Waals surface area contributed by atoms with E-state index in [2.05, 4.69) is 22.3 Å². The van der Waals surface area contributed by atoms with Crippen LogP contribution in [0.2, 0.25) is 5.02 Å². The molecular formula is C28H36ClN3O2. The summed E-state index contributed by atoms with van der Waals surface area (Å²) in [5.74, 6) is 0.331. The van der Waals surface area contributed by atoms with Crippen LogP contribution in [0.25, 0.3) is 0 Å². The first kappa shape index (κ1) is 24.7. The Bertz CT molecular complexity index is 969. The highest BCUT2D eigenvalue weighted by Gasteiger charge is 2.44. The van der Waals surface area contributed by atoms with Crippen molar-refractivity contribution in [3.05, 3.63) is 70.7 Å². The molecular weight excluding hydrogens is 446 g/mol. The van der Waals surface area contributed by atoms with Crippen molar-refractivity contribution in [1.82, 2.24) is 15.1 Å². The van der Waals surface area contributed by atoms with Gasteiger partial charge in [-0.15, -0.1) is 0 Å². The topological polar surface area (TPSA) is 52.7 Å². The molecule has 2 heterocycles. The molecule has 0 radical (unpaired) electrons. The van der Waals surface area contributed by atoms with Crippen LogP contribution in [0.1, 0.15) is 56.7 Å². The van der Waals surface area contributed by atoms with Gasteiger partial charge in [-0.3, -0.25) is 9.59 Å².